The van der Waals surface area contributed by atoms with Crippen molar-refractivity contribution in [1.29, 1.82) is 0 Å². The highest BCUT2D eigenvalue weighted by atomic mass is 16.5. The van der Waals surface area contributed by atoms with Gasteiger partial charge in [0.25, 0.3) is 11.6 Å². The van der Waals surface area contributed by atoms with E-state index in [0.29, 0.717) is 28.1 Å². The van der Waals surface area contributed by atoms with Crippen molar-refractivity contribution in [2.24, 2.45) is 0 Å². The molecule has 1 aliphatic heterocycles. The van der Waals surface area contributed by atoms with E-state index in [2.05, 4.69) is 17.1 Å². The summed E-state index contributed by atoms with van der Waals surface area (Å²) in [6.07, 6.45) is 3.24. The largest absolute Gasteiger partial charge is 0.497 e. The first-order valence-electron chi connectivity index (χ1n) is 9.31. The summed E-state index contributed by atoms with van der Waals surface area (Å²) in [5.41, 5.74) is 3.28. The Kier molecular flexibility index (Phi) is 4.56. The highest BCUT2D eigenvalue weighted by Crippen LogP contribution is 2.30. The van der Waals surface area contributed by atoms with Gasteiger partial charge in [-0.3, -0.25) is 4.79 Å². The molecule has 1 saturated heterocycles. The predicted octanol–water partition coefficient (Wildman–Crippen LogP) is 4.22. The van der Waals surface area contributed by atoms with E-state index in [4.69, 9.17) is 9.26 Å². The van der Waals surface area contributed by atoms with Crippen LogP contribution in [0.15, 0.2) is 34.9 Å². The number of rotatable bonds is 3. The highest BCUT2D eigenvalue weighted by Gasteiger charge is 2.28. The van der Waals surface area contributed by atoms with Crippen molar-refractivity contribution in [2.75, 3.05) is 13.7 Å². The maximum Gasteiger partial charge on any atom is 0.259 e. The Labute approximate surface area is 158 Å². The second kappa shape index (κ2) is 7.02. The molecule has 0 saturated carbocycles. The predicted molar refractivity (Wildman–Crippen MR) is 103 cm³/mol. The van der Waals surface area contributed by atoms with Crippen LogP contribution in [-0.4, -0.2) is 40.6 Å². The van der Waals surface area contributed by atoms with Crippen LogP contribution in [0, 0.1) is 6.92 Å². The quantitative estimate of drug-likeness (QED) is 0.695. The lowest BCUT2D eigenvalue weighted by atomic mass is 10.00. The summed E-state index contributed by atoms with van der Waals surface area (Å²) in [7, 11) is 1.63. The molecule has 0 spiro atoms. The number of likely N-dealkylation sites (tertiary alicyclic amines) is 1. The minimum atomic E-state index is 0.0238. The molecule has 140 valence electrons. The Morgan fingerprint density at radius 1 is 1.26 bits per heavy atom. The first kappa shape index (κ1) is 17.5. The molecule has 1 aromatic carbocycles. The van der Waals surface area contributed by atoms with Crippen LogP contribution >= 0.6 is 0 Å². The third kappa shape index (κ3) is 3.16. The van der Waals surface area contributed by atoms with Crippen molar-refractivity contribution in [2.45, 2.75) is 39.2 Å². The number of ether oxygens (including phenoxy) is 1. The standard InChI is InChI=1S/C21H23N3O3/c1-13-6-4-5-11-24(13)21(25)17-12-18(15-7-9-16(26-3)10-8-15)22-20-19(17)14(2)23-27-20/h7-10,12-13H,4-6,11H2,1-3H3/t13-/m0/s1. The number of carbonyl (C=O) groups excluding carboxylic acids is 1. The van der Waals surface area contributed by atoms with Gasteiger partial charge in [0.05, 0.1) is 29.4 Å². The molecular weight excluding hydrogens is 342 g/mol. The number of carbonyl (C=O) groups is 1. The number of nitrogens with zero attached hydrogens (tertiary/aromatic N) is 3. The zero-order chi connectivity index (χ0) is 19.0. The molecule has 3 heterocycles. The highest BCUT2D eigenvalue weighted by molar-refractivity contribution is 6.07. The molecule has 1 fully saturated rings. The number of methoxy groups -OCH3 is 1. The molecule has 1 atom stereocenters. The lowest BCUT2D eigenvalue weighted by molar-refractivity contribution is 0.0637. The molecular formula is C21H23N3O3. The zero-order valence-electron chi connectivity index (χ0n) is 15.9. The number of fused-ring (bicyclic) bond motifs is 1. The third-order valence-electron chi connectivity index (χ3n) is 5.30. The van der Waals surface area contributed by atoms with Gasteiger partial charge < -0.3 is 14.2 Å². The summed E-state index contributed by atoms with van der Waals surface area (Å²) in [4.78, 5) is 19.9. The van der Waals surface area contributed by atoms with Gasteiger partial charge in [-0.2, -0.15) is 0 Å². The van der Waals surface area contributed by atoms with Crippen molar-refractivity contribution in [3.05, 3.63) is 41.6 Å². The molecule has 0 N–H and O–H groups in total. The number of aryl methyl sites for hydroxylation is 1. The van der Waals surface area contributed by atoms with E-state index in [1.54, 1.807) is 7.11 Å². The van der Waals surface area contributed by atoms with Crippen LogP contribution in [0.1, 0.15) is 42.2 Å². The van der Waals surface area contributed by atoms with Crippen molar-refractivity contribution in [3.8, 4) is 17.0 Å². The minimum Gasteiger partial charge on any atom is -0.497 e. The summed E-state index contributed by atoms with van der Waals surface area (Å²) < 4.78 is 10.6. The van der Waals surface area contributed by atoms with Crippen molar-refractivity contribution < 1.29 is 14.1 Å². The van der Waals surface area contributed by atoms with Crippen LogP contribution in [0.2, 0.25) is 0 Å². The van der Waals surface area contributed by atoms with Gasteiger partial charge in [-0.15, -0.1) is 0 Å². The van der Waals surface area contributed by atoms with Gasteiger partial charge in [0.2, 0.25) is 0 Å². The average Bonchev–Trinajstić information content (AvgIpc) is 3.08. The van der Waals surface area contributed by atoms with Gasteiger partial charge in [-0.05, 0) is 63.4 Å². The Bertz CT molecular complexity index is 978. The fraction of sp³-hybridized carbons (Fsp3) is 0.381. The van der Waals surface area contributed by atoms with E-state index >= 15 is 0 Å². The summed E-state index contributed by atoms with van der Waals surface area (Å²) in [5, 5.41) is 4.74. The monoisotopic (exact) mass is 365 g/mol. The third-order valence-corrected chi connectivity index (χ3v) is 5.30. The van der Waals surface area contributed by atoms with Gasteiger partial charge in [0.1, 0.15) is 5.75 Å². The van der Waals surface area contributed by atoms with E-state index in [-0.39, 0.29) is 11.9 Å². The molecule has 0 unspecified atom stereocenters. The maximum absolute atomic E-state index is 13.4. The van der Waals surface area contributed by atoms with Gasteiger partial charge >= 0.3 is 0 Å². The molecule has 1 aliphatic rings. The molecule has 0 radical (unpaired) electrons. The van der Waals surface area contributed by atoms with Crippen LogP contribution in [0.4, 0.5) is 0 Å². The van der Waals surface area contributed by atoms with Crippen molar-refractivity contribution >= 4 is 17.0 Å². The summed E-state index contributed by atoms with van der Waals surface area (Å²) in [5.74, 6) is 0.796. The molecule has 3 aromatic rings. The van der Waals surface area contributed by atoms with E-state index in [9.17, 15) is 4.79 Å². The van der Waals surface area contributed by atoms with Crippen LogP contribution in [0.5, 0.6) is 5.75 Å². The van der Waals surface area contributed by atoms with E-state index in [1.807, 2.05) is 42.2 Å². The Hall–Kier alpha value is -2.89. The average molecular weight is 365 g/mol. The summed E-state index contributed by atoms with van der Waals surface area (Å²) >= 11 is 0. The number of hydrogen-bond acceptors (Lipinski definition) is 5. The lowest BCUT2D eigenvalue weighted by Crippen LogP contribution is -2.42. The smallest absolute Gasteiger partial charge is 0.259 e. The van der Waals surface area contributed by atoms with Crippen LogP contribution in [-0.2, 0) is 0 Å². The number of benzene rings is 1. The lowest BCUT2D eigenvalue weighted by Gasteiger charge is -2.33. The molecule has 0 bridgehead atoms. The fourth-order valence-electron chi connectivity index (χ4n) is 3.73. The summed E-state index contributed by atoms with van der Waals surface area (Å²) in [6.45, 7) is 4.74. The van der Waals surface area contributed by atoms with Gasteiger partial charge in [0.15, 0.2) is 0 Å². The van der Waals surface area contributed by atoms with Gasteiger partial charge in [0, 0.05) is 18.2 Å². The van der Waals surface area contributed by atoms with Crippen LogP contribution in [0.25, 0.3) is 22.4 Å². The van der Waals surface area contributed by atoms with Gasteiger partial charge in [-0.1, -0.05) is 5.16 Å². The molecule has 2 aromatic heterocycles. The Balaban J connectivity index is 1.82. The number of hydrogen-bond donors (Lipinski definition) is 0. The SMILES string of the molecule is COc1ccc(-c2cc(C(=O)N3CCCC[C@@H]3C)c3c(C)noc3n2)cc1. The molecule has 4 rings (SSSR count). The van der Waals surface area contributed by atoms with Crippen molar-refractivity contribution in [1.82, 2.24) is 15.0 Å². The normalized spacial score (nSPS) is 17.3. The topological polar surface area (TPSA) is 68.5 Å². The number of pyridine rings is 1. The van der Waals surface area contributed by atoms with E-state index in [1.165, 1.54) is 6.42 Å². The first-order valence-corrected chi connectivity index (χ1v) is 9.31. The van der Waals surface area contributed by atoms with E-state index < -0.39 is 0 Å². The molecule has 27 heavy (non-hydrogen) atoms. The fourth-order valence-corrected chi connectivity index (χ4v) is 3.73. The second-order valence-corrected chi connectivity index (χ2v) is 7.08. The number of piperidine rings is 1. The molecule has 0 aliphatic carbocycles. The minimum absolute atomic E-state index is 0.0238. The number of amides is 1. The van der Waals surface area contributed by atoms with Crippen LogP contribution in [0.3, 0.4) is 0 Å². The van der Waals surface area contributed by atoms with Crippen LogP contribution < -0.4 is 4.74 Å². The molecule has 6 nitrogen and oxygen atoms in total. The van der Waals surface area contributed by atoms with Crippen molar-refractivity contribution in [3.63, 3.8) is 0 Å². The molecule has 6 heteroatoms. The van der Waals surface area contributed by atoms with Gasteiger partial charge in [-0.25, -0.2) is 4.98 Å². The Morgan fingerprint density at radius 3 is 2.74 bits per heavy atom. The Morgan fingerprint density at radius 2 is 2.04 bits per heavy atom. The zero-order valence-corrected chi connectivity index (χ0v) is 15.9. The first-order chi connectivity index (χ1) is 13.1. The van der Waals surface area contributed by atoms with E-state index in [0.717, 1.165) is 30.7 Å². The molecule has 1 amide bonds. The summed E-state index contributed by atoms with van der Waals surface area (Å²) in [6, 6.07) is 9.70. The maximum atomic E-state index is 13.4. The second-order valence-electron chi connectivity index (χ2n) is 7.08. The number of aromatic nitrogens is 2.